The van der Waals surface area contributed by atoms with E-state index < -0.39 is 27.9 Å². The summed E-state index contributed by atoms with van der Waals surface area (Å²) in [5.74, 6) is -0.842. The van der Waals surface area contributed by atoms with E-state index in [1.165, 1.54) is 28.6 Å². The van der Waals surface area contributed by atoms with Gasteiger partial charge in [0.05, 0.1) is 4.90 Å². The van der Waals surface area contributed by atoms with E-state index in [4.69, 9.17) is 9.26 Å². The van der Waals surface area contributed by atoms with Crippen LogP contribution < -0.4 is 5.32 Å². The predicted molar refractivity (Wildman–Crippen MR) is 116 cm³/mol. The molecule has 0 unspecified atom stereocenters. The Morgan fingerprint density at radius 2 is 1.88 bits per heavy atom. The van der Waals surface area contributed by atoms with E-state index in [2.05, 4.69) is 15.5 Å². The van der Waals surface area contributed by atoms with Gasteiger partial charge in [-0.15, -0.1) is 0 Å². The fourth-order valence-electron chi connectivity index (χ4n) is 2.95. The number of benzene rings is 1. The summed E-state index contributed by atoms with van der Waals surface area (Å²) < 4.78 is 37.0. The smallest absolute Gasteiger partial charge is 0.329 e. The Labute approximate surface area is 188 Å². The summed E-state index contributed by atoms with van der Waals surface area (Å²) in [5, 5.41) is 6.37. The molecule has 1 aromatic heterocycles. The second-order valence-corrected chi connectivity index (χ2v) is 9.32. The van der Waals surface area contributed by atoms with Crippen LogP contribution in [0, 0.1) is 5.92 Å². The zero-order valence-electron chi connectivity index (χ0n) is 19.0. The number of rotatable bonds is 11. The second-order valence-electron chi connectivity index (χ2n) is 7.38. The fraction of sp³-hybridized carbons (Fsp3) is 0.524. The molecule has 0 saturated heterocycles. The molecule has 2 aromatic rings. The Balaban J connectivity index is 2.13. The molecule has 0 spiro atoms. The number of sulfonamides is 1. The maximum Gasteiger partial charge on any atom is 0.329 e. The number of carbonyl (C=O) groups excluding carboxylic acids is 2. The van der Waals surface area contributed by atoms with Gasteiger partial charge in [0.1, 0.15) is 6.04 Å². The molecule has 10 nitrogen and oxygen atoms in total. The number of esters is 1. The second kappa shape index (κ2) is 11.2. The molecule has 0 fully saturated rings. The van der Waals surface area contributed by atoms with Gasteiger partial charge in [-0.2, -0.15) is 9.29 Å². The predicted octanol–water partition coefficient (Wildman–Crippen LogP) is 2.16. The van der Waals surface area contributed by atoms with Crippen LogP contribution in [0.25, 0.3) is 0 Å². The van der Waals surface area contributed by atoms with E-state index in [0.717, 1.165) is 0 Å². The lowest BCUT2D eigenvalue weighted by molar-refractivity contribution is -0.149. The summed E-state index contributed by atoms with van der Waals surface area (Å²) in [6, 6.07) is 4.78. The summed E-state index contributed by atoms with van der Waals surface area (Å²) >= 11 is 0. The number of nitrogens with zero attached hydrogens (tertiary/aromatic N) is 3. The Hall–Kier alpha value is -2.79. The van der Waals surface area contributed by atoms with Crippen LogP contribution in [-0.2, 0) is 32.6 Å². The van der Waals surface area contributed by atoms with Crippen LogP contribution in [-0.4, -0.2) is 53.9 Å². The number of ether oxygens (including phenoxy) is 1. The third-order valence-electron chi connectivity index (χ3n) is 4.81. The molecule has 1 amide bonds. The molecule has 0 saturated carbocycles. The van der Waals surface area contributed by atoms with Crippen LogP contribution in [0.2, 0.25) is 0 Å². The maximum absolute atomic E-state index is 12.8. The normalized spacial score (nSPS) is 12.7. The van der Waals surface area contributed by atoms with Gasteiger partial charge in [-0.05, 0) is 24.1 Å². The van der Waals surface area contributed by atoms with Gasteiger partial charge in [0.2, 0.25) is 10.0 Å². The minimum absolute atomic E-state index is 0.0145. The molecule has 0 aliphatic rings. The number of aryl methyl sites for hydroxylation is 1. The fourth-order valence-corrected chi connectivity index (χ4v) is 4.45. The Morgan fingerprint density at radius 3 is 2.44 bits per heavy atom. The number of nitrogens with one attached hydrogen (secondary N) is 1. The average molecular weight is 467 g/mol. The van der Waals surface area contributed by atoms with Crippen molar-refractivity contribution >= 4 is 21.9 Å². The van der Waals surface area contributed by atoms with Crippen molar-refractivity contribution in [2.45, 2.75) is 58.6 Å². The standard InChI is InChI=1S/C21H30N4O6S/c1-6-17-22-18(31-24-17)13-30-21(27)19(14(4)5)23-20(26)15-10-9-11-16(12-15)32(28,29)25(7-2)8-3/h9-12,14,19H,6-8,13H2,1-5H3,(H,23,26)/t19-/m0/s1. The average Bonchev–Trinajstić information content (AvgIpc) is 3.24. The van der Waals surface area contributed by atoms with Gasteiger partial charge >= 0.3 is 5.97 Å². The molecule has 11 heteroatoms. The molecule has 2 rings (SSSR count). The third-order valence-corrected chi connectivity index (χ3v) is 6.86. The van der Waals surface area contributed by atoms with Crippen LogP contribution in [0.3, 0.4) is 0 Å². The summed E-state index contributed by atoms with van der Waals surface area (Å²) in [7, 11) is -3.72. The van der Waals surface area contributed by atoms with Gasteiger partial charge in [0, 0.05) is 25.1 Å². The highest BCUT2D eigenvalue weighted by molar-refractivity contribution is 7.89. The summed E-state index contributed by atoms with van der Waals surface area (Å²) in [5.41, 5.74) is 0.126. The van der Waals surface area contributed by atoms with Crippen molar-refractivity contribution in [1.82, 2.24) is 19.8 Å². The number of carbonyl (C=O) groups is 2. The minimum Gasteiger partial charge on any atom is -0.454 e. The highest BCUT2D eigenvalue weighted by atomic mass is 32.2. The van der Waals surface area contributed by atoms with E-state index in [9.17, 15) is 18.0 Å². The minimum atomic E-state index is -3.72. The lowest BCUT2D eigenvalue weighted by Gasteiger charge is -2.21. The largest absolute Gasteiger partial charge is 0.454 e. The molecule has 1 atom stereocenters. The van der Waals surface area contributed by atoms with Gasteiger partial charge in [-0.3, -0.25) is 4.79 Å². The van der Waals surface area contributed by atoms with Crippen molar-refractivity contribution in [3.05, 3.63) is 41.5 Å². The molecule has 1 aromatic carbocycles. The number of hydrogen-bond donors (Lipinski definition) is 1. The molecule has 1 heterocycles. The molecule has 32 heavy (non-hydrogen) atoms. The first kappa shape index (κ1) is 25.5. The van der Waals surface area contributed by atoms with Gasteiger partial charge in [-0.1, -0.05) is 45.8 Å². The van der Waals surface area contributed by atoms with E-state index in [-0.39, 0.29) is 28.9 Å². The Kier molecular flexibility index (Phi) is 8.90. The summed E-state index contributed by atoms with van der Waals surface area (Å²) in [6.45, 7) is 9.30. The zero-order valence-corrected chi connectivity index (χ0v) is 19.8. The first-order valence-corrected chi connectivity index (χ1v) is 12.0. The van der Waals surface area contributed by atoms with Crippen molar-refractivity contribution in [1.29, 1.82) is 0 Å². The van der Waals surface area contributed by atoms with Crippen molar-refractivity contribution in [3.8, 4) is 0 Å². The lowest BCUT2D eigenvalue weighted by atomic mass is 10.0. The van der Waals surface area contributed by atoms with Gasteiger partial charge < -0.3 is 14.6 Å². The van der Waals surface area contributed by atoms with Crippen molar-refractivity contribution in [2.75, 3.05) is 13.1 Å². The van der Waals surface area contributed by atoms with Gasteiger partial charge in [-0.25, -0.2) is 13.2 Å². The van der Waals surface area contributed by atoms with E-state index in [1.54, 1.807) is 27.7 Å². The number of amides is 1. The summed E-state index contributed by atoms with van der Waals surface area (Å²) in [6.07, 6.45) is 0.588. The molecule has 1 N–H and O–H groups in total. The van der Waals surface area contributed by atoms with Crippen LogP contribution >= 0.6 is 0 Å². The van der Waals surface area contributed by atoms with Crippen LogP contribution in [0.5, 0.6) is 0 Å². The number of hydrogen-bond acceptors (Lipinski definition) is 8. The van der Waals surface area contributed by atoms with Crippen LogP contribution in [0.1, 0.15) is 56.7 Å². The third kappa shape index (κ3) is 6.13. The Bertz CT molecular complexity index is 1030. The van der Waals surface area contributed by atoms with E-state index >= 15 is 0 Å². The van der Waals surface area contributed by atoms with Crippen LogP contribution in [0.4, 0.5) is 0 Å². The highest BCUT2D eigenvalue weighted by Crippen LogP contribution is 2.17. The van der Waals surface area contributed by atoms with Gasteiger partial charge in [0.25, 0.3) is 11.8 Å². The van der Waals surface area contributed by atoms with Crippen molar-refractivity contribution in [2.24, 2.45) is 5.92 Å². The lowest BCUT2D eigenvalue weighted by Crippen LogP contribution is -2.45. The molecular formula is C21H30N4O6S. The van der Waals surface area contributed by atoms with Crippen molar-refractivity contribution < 1.29 is 27.3 Å². The van der Waals surface area contributed by atoms with Crippen molar-refractivity contribution in [3.63, 3.8) is 0 Å². The maximum atomic E-state index is 12.8. The monoisotopic (exact) mass is 466 g/mol. The molecule has 176 valence electrons. The SMILES string of the molecule is CCc1noc(COC(=O)[C@@H](NC(=O)c2cccc(S(=O)(=O)N(CC)CC)c2)C(C)C)n1. The van der Waals surface area contributed by atoms with Gasteiger partial charge in [0.15, 0.2) is 12.4 Å². The molecule has 0 bridgehead atoms. The quantitative estimate of drug-likeness (QED) is 0.498. The summed E-state index contributed by atoms with van der Waals surface area (Å²) in [4.78, 5) is 29.5. The molecular weight excluding hydrogens is 436 g/mol. The number of aromatic nitrogens is 2. The molecule has 0 radical (unpaired) electrons. The molecule has 0 aliphatic carbocycles. The zero-order chi connectivity index (χ0) is 23.9. The first-order valence-electron chi connectivity index (χ1n) is 10.5. The van der Waals surface area contributed by atoms with E-state index in [0.29, 0.717) is 25.3 Å². The Morgan fingerprint density at radius 1 is 1.19 bits per heavy atom. The first-order chi connectivity index (χ1) is 15.1. The molecule has 0 aliphatic heterocycles. The topological polar surface area (TPSA) is 132 Å². The van der Waals surface area contributed by atoms with Crippen LogP contribution in [0.15, 0.2) is 33.7 Å². The highest BCUT2D eigenvalue weighted by Gasteiger charge is 2.28. The van der Waals surface area contributed by atoms with E-state index in [1.807, 2.05) is 6.92 Å².